The second-order valence-corrected chi connectivity index (χ2v) is 7.92. The zero-order chi connectivity index (χ0) is 14.9. The summed E-state index contributed by atoms with van der Waals surface area (Å²) in [5, 5.41) is 2.87. The molecule has 1 saturated heterocycles. The molecule has 110 valence electrons. The first kappa shape index (κ1) is 15.2. The van der Waals surface area contributed by atoms with E-state index in [4.69, 9.17) is 0 Å². The van der Waals surface area contributed by atoms with E-state index >= 15 is 0 Å². The number of halogens is 1. The number of anilines is 1. The van der Waals surface area contributed by atoms with Crippen LogP contribution in [0, 0.1) is 0 Å². The molecule has 0 bridgehead atoms. The molecule has 1 amide bonds. The van der Waals surface area contributed by atoms with Crippen molar-refractivity contribution in [3.8, 4) is 0 Å². The third-order valence-corrected chi connectivity index (χ3v) is 5.58. The van der Waals surface area contributed by atoms with Crippen LogP contribution in [0.15, 0.2) is 16.7 Å². The van der Waals surface area contributed by atoms with Gasteiger partial charge in [0.15, 0.2) is 9.84 Å². The van der Waals surface area contributed by atoms with Crippen LogP contribution in [0.2, 0.25) is 0 Å². The van der Waals surface area contributed by atoms with E-state index < -0.39 is 9.84 Å². The summed E-state index contributed by atoms with van der Waals surface area (Å²) in [4.78, 5) is 18.1. The Morgan fingerprint density at radius 1 is 1.55 bits per heavy atom. The Bertz CT molecular complexity index is 633. The third-order valence-electron chi connectivity index (χ3n) is 3.40. The summed E-state index contributed by atoms with van der Waals surface area (Å²) in [5.74, 6) is 0.423. The largest absolute Gasteiger partial charge is 0.372 e. The molecule has 1 aromatic heterocycles. The minimum Gasteiger partial charge on any atom is -0.372 e. The van der Waals surface area contributed by atoms with Gasteiger partial charge in [-0.05, 0) is 28.4 Å². The smallest absolute Gasteiger partial charge is 0.257 e. The van der Waals surface area contributed by atoms with Gasteiger partial charge in [0.1, 0.15) is 5.82 Å². The minimum atomic E-state index is -3.01. The topological polar surface area (TPSA) is 79.4 Å². The predicted molar refractivity (Wildman–Crippen MR) is 80.6 cm³/mol. The Morgan fingerprint density at radius 2 is 2.25 bits per heavy atom. The van der Waals surface area contributed by atoms with Crippen molar-refractivity contribution >= 4 is 37.5 Å². The van der Waals surface area contributed by atoms with E-state index in [1.807, 2.05) is 0 Å². The van der Waals surface area contributed by atoms with Crippen LogP contribution in [0.1, 0.15) is 16.8 Å². The molecule has 0 spiro atoms. The van der Waals surface area contributed by atoms with Gasteiger partial charge in [-0.2, -0.15) is 0 Å². The van der Waals surface area contributed by atoms with Crippen LogP contribution in [0.25, 0.3) is 0 Å². The number of amides is 1. The van der Waals surface area contributed by atoms with Crippen LogP contribution in [0.4, 0.5) is 5.82 Å². The molecule has 1 atom stereocenters. The average Bonchev–Trinajstić information content (AvgIpc) is 2.77. The summed E-state index contributed by atoms with van der Waals surface area (Å²) in [6, 6.07) is 1.41. The number of carbonyl (C=O) groups is 1. The second kappa shape index (κ2) is 5.69. The van der Waals surface area contributed by atoms with Crippen LogP contribution in [-0.2, 0) is 9.84 Å². The van der Waals surface area contributed by atoms with Crippen LogP contribution in [-0.4, -0.2) is 55.9 Å². The van der Waals surface area contributed by atoms with Crippen molar-refractivity contribution in [3.05, 3.63) is 22.3 Å². The van der Waals surface area contributed by atoms with Gasteiger partial charge in [-0.25, -0.2) is 13.4 Å². The maximum absolute atomic E-state index is 12.5. The van der Waals surface area contributed by atoms with Crippen molar-refractivity contribution in [2.75, 3.05) is 30.9 Å². The highest BCUT2D eigenvalue weighted by Crippen LogP contribution is 2.23. The molecule has 0 aliphatic carbocycles. The van der Waals surface area contributed by atoms with E-state index in [0.717, 1.165) is 0 Å². The lowest BCUT2D eigenvalue weighted by Crippen LogP contribution is -2.38. The highest BCUT2D eigenvalue weighted by Gasteiger charge is 2.33. The SMILES string of the molecule is CNc1ncc(Br)cc1C(=O)N(C)C1CCS(=O)(=O)C1. The summed E-state index contributed by atoms with van der Waals surface area (Å²) in [6.07, 6.45) is 2.09. The number of pyridine rings is 1. The van der Waals surface area contributed by atoms with Crippen molar-refractivity contribution in [1.82, 2.24) is 9.88 Å². The summed E-state index contributed by atoms with van der Waals surface area (Å²) < 4.78 is 23.7. The van der Waals surface area contributed by atoms with Crippen molar-refractivity contribution < 1.29 is 13.2 Å². The number of hydrogen-bond acceptors (Lipinski definition) is 5. The fourth-order valence-corrected chi connectivity index (χ4v) is 4.34. The summed E-state index contributed by atoms with van der Waals surface area (Å²) in [5.41, 5.74) is 0.425. The van der Waals surface area contributed by atoms with Crippen molar-refractivity contribution in [2.24, 2.45) is 0 Å². The van der Waals surface area contributed by atoms with Crippen molar-refractivity contribution in [1.29, 1.82) is 0 Å². The molecule has 2 heterocycles. The normalized spacial score (nSPS) is 20.6. The first-order valence-corrected chi connectivity index (χ1v) is 8.76. The van der Waals surface area contributed by atoms with E-state index in [-0.39, 0.29) is 23.5 Å². The zero-order valence-corrected chi connectivity index (χ0v) is 13.7. The molecule has 0 aromatic carbocycles. The molecule has 1 N–H and O–H groups in total. The maximum atomic E-state index is 12.5. The Labute approximate surface area is 126 Å². The number of carbonyl (C=O) groups excluding carboxylic acids is 1. The first-order valence-electron chi connectivity index (χ1n) is 6.15. The molecule has 2 rings (SSSR count). The average molecular weight is 362 g/mol. The van der Waals surface area contributed by atoms with E-state index in [1.165, 1.54) is 4.90 Å². The van der Waals surface area contributed by atoms with Gasteiger partial charge in [-0.3, -0.25) is 4.79 Å². The summed E-state index contributed by atoms with van der Waals surface area (Å²) in [6.45, 7) is 0. The Morgan fingerprint density at radius 3 is 2.80 bits per heavy atom. The number of nitrogens with zero attached hydrogens (tertiary/aromatic N) is 2. The first-order chi connectivity index (χ1) is 9.34. The quantitative estimate of drug-likeness (QED) is 0.873. The molecule has 0 saturated carbocycles. The van der Waals surface area contributed by atoms with E-state index in [0.29, 0.717) is 22.3 Å². The van der Waals surface area contributed by atoms with E-state index in [2.05, 4.69) is 26.2 Å². The molecular weight excluding hydrogens is 346 g/mol. The molecule has 6 nitrogen and oxygen atoms in total. The van der Waals surface area contributed by atoms with Crippen LogP contribution < -0.4 is 5.32 Å². The molecule has 0 radical (unpaired) electrons. The van der Waals surface area contributed by atoms with Gasteiger partial charge in [0.25, 0.3) is 5.91 Å². The lowest BCUT2D eigenvalue weighted by atomic mass is 10.1. The molecule has 8 heteroatoms. The summed E-state index contributed by atoms with van der Waals surface area (Å²) >= 11 is 3.29. The molecular formula is C12H16BrN3O3S. The molecule has 1 unspecified atom stereocenters. The van der Waals surface area contributed by atoms with Gasteiger partial charge in [-0.1, -0.05) is 0 Å². The Hall–Kier alpha value is -1.15. The third kappa shape index (κ3) is 3.12. The van der Waals surface area contributed by atoms with E-state index in [9.17, 15) is 13.2 Å². The predicted octanol–water partition coefficient (Wildman–Crippen LogP) is 1.14. The molecule has 20 heavy (non-hydrogen) atoms. The lowest BCUT2D eigenvalue weighted by Gasteiger charge is -2.24. The van der Waals surface area contributed by atoms with Gasteiger partial charge >= 0.3 is 0 Å². The Kier molecular flexibility index (Phi) is 4.33. The monoisotopic (exact) mass is 361 g/mol. The van der Waals surface area contributed by atoms with Gasteiger partial charge in [0, 0.05) is 30.8 Å². The number of nitrogens with one attached hydrogen (secondary N) is 1. The fourth-order valence-electron chi connectivity index (χ4n) is 2.24. The molecule has 1 aromatic rings. The maximum Gasteiger partial charge on any atom is 0.257 e. The van der Waals surface area contributed by atoms with Crippen LogP contribution in [0.3, 0.4) is 0 Å². The van der Waals surface area contributed by atoms with Gasteiger partial charge < -0.3 is 10.2 Å². The van der Waals surface area contributed by atoms with Gasteiger partial charge in [-0.15, -0.1) is 0 Å². The van der Waals surface area contributed by atoms with Crippen LogP contribution >= 0.6 is 15.9 Å². The molecule has 1 aliphatic rings. The van der Waals surface area contributed by atoms with Crippen LogP contribution in [0.5, 0.6) is 0 Å². The highest BCUT2D eigenvalue weighted by molar-refractivity contribution is 9.10. The van der Waals surface area contributed by atoms with Crippen molar-refractivity contribution in [3.63, 3.8) is 0 Å². The molecule has 1 fully saturated rings. The Balaban J connectivity index is 2.25. The van der Waals surface area contributed by atoms with E-state index in [1.54, 1.807) is 26.4 Å². The number of sulfone groups is 1. The standard InChI is InChI=1S/C12H16BrN3O3S/c1-14-11-10(5-8(13)6-15-11)12(17)16(2)9-3-4-20(18,19)7-9/h5-6,9H,3-4,7H2,1-2H3,(H,14,15). The second-order valence-electron chi connectivity index (χ2n) is 4.77. The number of hydrogen-bond donors (Lipinski definition) is 1. The van der Waals surface area contributed by atoms with Gasteiger partial charge in [0.05, 0.1) is 17.1 Å². The summed E-state index contributed by atoms with van der Waals surface area (Å²) in [7, 11) is 0.306. The minimum absolute atomic E-state index is 0.0333. The number of rotatable bonds is 3. The number of aromatic nitrogens is 1. The van der Waals surface area contributed by atoms with Crippen molar-refractivity contribution in [2.45, 2.75) is 12.5 Å². The van der Waals surface area contributed by atoms with Gasteiger partial charge in [0.2, 0.25) is 0 Å². The lowest BCUT2D eigenvalue weighted by molar-refractivity contribution is 0.0748. The zero-order valence-electron chi connectivity index (χ0n) is 11.3. The fraction of sp³-hybridized carbons (Fsp3) is 0.500. The highest BCUT2D eigenvalue weighted by atomic mass is 79.9. The molecule has 1 aliphatic heterocycles.